The van der Waals surface area contributed by atoms with E-state index in [1.54, 1.807) is 0 Å². The number of aromatic hydroxyl groups is 1. The maximum Gasteiger partial charge on any atom is 0.233 e. The van der Waals surface area contributed by atoms with Crippen molar-refractivity contribution in [2.24, 2.45) is 0 Å². The summed E-state index contributed by atoms with van der Waals surface area (Å²) in [6, 6.07) is 0. The molecule has 0 aliphatic heterocycles. The molecule has 5 heteroatoms. The van der Waals surface area contributed by atoms with E-state index >= 15 is 0 Å². The Kier molecular flexibility index (Phi) is 2.47. The van der Waals surface area contributed by atoms with Crippen LogP contribution in [0.1, 0.15) is 0 Å². The number of nitrogens with two attached hydrogens (primary N) is 1. The second-order valence-electron chi connectivity index (χ2n) is 4.16. The maximum absolute atomic E-state index is 9.40. The van der Waals surface area contributed by atoms with Crippen molar-refractivity contribution < 1.29 is 9.59 Å². The Bertz CT molecular complexity index is 287. The van der Waals surface area contributed by atoms with Crippen LogP contribution < -0.4 is 5.73 Å². The van der Waals surface area contributed by atoms with Crippen LogP contribution in [0.4, 0.5) is 5.69 Å². The maximum atomic E-state index is 9.40. The van der Waals surface area contributed by atoms with Crippen LogP contribution in [0.2, 0.25) is 0 Å². The third kappa shape index (κ3) is 2.62. The number of quaternary nitrogens is 1. The summed E-state index contributed by atoms with van der Waals surface area (Å²) in [5.41, 5.74) is 5.78. The van der Waals surface area contributed by atoms with Gasteiger partial charge in [-0.3, -0.25) is 0 Å². The van der Waals surface area contributed by atoms with E-state index < -0.39 is 0 Å². The van der Waals surface area contributed by atoms with E-state index in [-0.39, 0.29) is 5.88 Å². The molecule has 13 heavy (non-hydrogen) atoms. The van der Waals surface area contributed by atoms with Gasteiger partial charge in [-0.05, 0) is 0 Å². The number of rotatable bonds is 3. The molecule has 0 atom stereocenters. The molecule has 0 unspecified atom stereocenters. The van der Waals surface area contributed by atoms with E-state index in [0.717, 1.165) is 11.0 Å². The minimum Gasteiger partial charge on any atom is -0.492 e. The first-order valence-electron chi connectivity index (χ1n) is 4.21. The first-order chi connectivity index (χ1) is 5.90. The van der Waals surface area contributed by atoms with Gasteiger partial charge in [0, 0.05) is 0 Å². The van der Waals surface area contributed by atoms with Crippen molar-refractivity contribution in [1.82, 2.24) is 9.78 Å². The van der Waals surface area contributed by atoms with Gasteiger partial charge in [-0.2, -0.15) is 5.10 Å². The van der Waals surface area contributed by atoms with Crippen LogP contribution in [0.25, 0.3) is 0 Å². The van der Waals surface area contributed by atoms with Gasteiger partial charge in [-0.25, -0.2) is 4.68 Å². The molecule has 1 rings (SSSR count). The first kappa shape index (κ1) is 9.85. The number of nitrogen functional groups attached to an aromatic ring is 1. The Labute approximate surface area is 78.0 Å². The topological polar surface area (TPSA) is 64.1 Å². The Balaban J connectivity index is 2.60. The van der Waals surface area contributed by atoms with E-state index in [2.05, 4.69) is 26.2 Å². The number of hydrogen-bond acceptors (Lipinski definition) is 3. The quantitative estimate of drug-likeness (QED) is 0.645. The molecule has 0 aliphatic carbocycles. The molecule has 74 valence electrons. The summed E-state index contributed by atoms with van der Waals surface area (Å²) in [6.45, 7) is 1.57. The van der Waals surface area contributed by atoms with E-state index in [1.165, 1.54) is 10.9 Å². The van der Waals surface area contributed by atoms with Gasteiger partial charge < -0.3 is 15.3 Å². The third-order valence-electron chi connectivity index (χ3n) is 1.82. The zero-order valence-electron chi connectivity index (χ0n) is 8.36. The Morgan fingerprint density at radius 3 is 2.54 bits per heavy atom. The van der Waals surface area contributed by atoms with Crippen molar-refractivity contribution in [3.63, 3.8) is 0 Å². The van der Waals surface area contributed by atoms with Crippen molar-refractivity contribution in [3.05, 3.63) is 6.20 Å². The Hall–Kier alpha value is -1.23. The highest BCUT2D eigenvalue weighted by molar-refractivity contribution is 5.45. The average molecular weight is 185 g/mol. The first-order valence-corrected chi connectivity index (χ1v) is 4.21. The lowest BCUT2D eigenvalue weighted by atomic mass is 10.5. The lowest BCUT2D eigenvalue weighted by molar-refractivity contribution is -0.871. The summed E-state index contributed by atoms with van der Waals surface area (Å²) in [7, 11) is 6.26. The van der Waals surface area contributed by atoms with Crippen molar-refractivity contribution in [3.8, 4) is 5.88 Å². The molecule has 1 aromatic rings. The number of anilines is 1. The van der Waals surface area contributed by atoms with Crippen molar-refractivity contribution in [2.75, 3.05) is 33.4 Å². The highest BCUT2D eigenvalue weighted by Crippen LogP contribution is 2.17. The lowest BCUT2D eigenvalue weighted by Crippen LogP contribution is -2.37. The molecule has 0 spiro atoms. The number of likely N-dealkylation sites (N-methyl/N-ethyl adjacent to an activating group) is 1. The van der Waals surface area contributed by atoms with Crippen LogP contribution in [0, 0.1) is 0 Å². The normalized spacial score (nSPS) is 11.9. The van der Waals surface area contributed by atoms with Gasteiger partial charge in [0.15, 0.2) is 0 Å². The van der Waals surface area contributed by atoms with Gasteiger partial charge in [0.05, 0.1) is 40.4 Å². The summed E-state index contributed by atoms with van der Waals surface area (Å²) >= 11 is 0. The van der Waals surface area contributed by atoms with Crippen LogP contribution in [0.5, 0.6) is 5.88 Å². The summed E-state index contributed by atoms with van der Waals surface area (Å²) in [5, 5.41) is 13.4. The van der Waals surface area contributed by atoms with Gasteiger partial charge >= 0.3 is 0 Å². The summed E-state index contributed by atoms with van der Waals surface area (Å²) in [6.07, 6.45) is 1.46. The number of hydrogen-bond donors (Lipinski definition) is 2. The molecule has 0 bridgehead atoms. The second-order valence-corrected chi connectivity index (χ2v) is 4.16. The molecule has 0 fully saturated rings. The molecular formula is C8H17N4O+. The van der Waals surface area contributed by atoms with Crippen LogP contribution in [-0.2, 0) is 6.54 Å². The van der Waals surface area contributed by atoms with E-state index in [1.807, 2.05) is 0 Å². The third-order valence-corrected chi connectivity index (χ3v) is 1.82. The molecule has 3 N–H and O–H groups in total. The van der Waals surface area contributed by atoms with Crippen LogP contribution in [-0.4, -0.2) is 47.1 Å². The lowest BCUT2D eigenvalue weighted by Gasteiger charge is -2.23. The van der Waals surface area contributed by atoms with Gasteiger partial charge in [-0.1, -0.05) is 0 Å². The predicted molar refractivity (Wildman–Crippen MR) is 51.2 cm³/mol. The monoisotopic (exact) mass is 185 g/mol. The fourth-order valence-electron chi connectivity index (χ4n) is 0.952. The van der Waals surface area contributed by atoms with Crippen LogP contribution >= 0.6 is 0 Å². The van der Waals surface area contributed by atoms with Crippen molar-refractivity contribution in [2.45, 2.75) is 6.54 Å². The number of nitrogens with zero attached hydrogens (tertiary/aromatic N) is 3. The summed E-state index contributed by atoms with van der Waals surface area (Å²) in [4.78, 5) is 0. The molecule has 0 aromatic carbocycles. The number of aromatic nitrogens is 2. The Morgan fingerprint density at radius 2 is 2.15 bits per heavy atom. The molecule has 0 saturated heterocycles. The molecule has 0 radical (unpaired) electrons. The fraction of sp³-hybridized carbons (Fsp3) is 0.625. The van der Waals surface area contributed by atoms with Gasteiger partial charge in [0.25, 0.3) is 0 Å². The van der Waals surface area contributed by atoms with E-state index in [4.69, 9.17) is 5.73 Å². The largest absolute Gasteiger partial charge is 0.492 e. The highest BCUT2D eigenvalue weighted by atomic mass is 16.3. The fourth-order valence-corrected chi connectivity index (χ4v) is 0.952. The molecule has 0 saturated carbocycles. The van der Waals surface area contributed by atoms with E-state index in [9.17, 15) is 5.11 Å². The van der Waals surface area contributed by atoms with Gasteiger partial charge in [-0.15, -0.1) is 0 Å². The minimum atomic E-state index is 0.0634. The average Bonchev–Trinajstić information content (AvgIpc) is 2.29. The van der Waals surface area contributed by atoms with E-state index in [0.29, 0.717) is 12.2 Å². The van der Waals surface area contributed by atoms with Crippen molar-refractivity contribution >= 4 is 5.69 Å². The highest BCUT2D eigenvalue weighted by Gasteiger charge is 2.10. The second kappa shape index (κ2) is 3.26. The minimum absolute atomic E-state index is 0.0634. The van der Waals surface area contributed by atoms with Gasteiger partial charge in [0.2, 0.25) is 5.88 Å². The standard InChI is InChI=1S/C8H16N4O/c1-12(2,3)5-4-11-8(13)7(9)6-10-11/h6H,4-5,9H2,1-3H3/p+1. The molecule has 1 aromatic heterocycles. The predicted octanol–water partition coefficient (Wildman–Crippen LogP) is -0.123. The zero-order valence-corrected chi connectivity index (χ0v) is 8.36. The Morgan fingerprint density at radius 1 is 1.54 bits per heavy atom. The van der Waals surface area contributed by atoms with Crippen molar-refractivity contribution in [1.29, 1.82) is 0 Å². The smallest absolute Gasteiger partial charge is 0.233 e. The van der Waals surface area contributed by atoms with Crippen LogP contribution in [0.3, 0.4) is 0 Å². The molecule has 0 aliphatic rings. The molecular weight excluding hydrogens is 168 g/mol. The molecule has 5 nitrogen and oxygen atoms in total. The molecule has 1 heterocycles. The summed E-state index contributed by atoms with van der Waals surface area (Å²) in [5.74, 6) is 0.0634. The van der Waals surface area contributed by atoms with Crippen LogP contribution in [0.15, 0.2) is 6.20 Å². The summed E-state index contributed by atoms with van der Waals surface area (Å²) < 4.78 is 2.35. The molecule has 0 amide bonds. The SMILES string of the molecule is C[N+](C)(C)CCn1ncc(N)c1O. The zero-order chi connectivity index (χ0) is 10.1. The van der Waals surface area contributed by atoms with Gasteiger partial charge in [0.1, 0.15) is 5.69 Å².